The van der Waals surface area contributed by atoms with Crippen LogP contribution in [0.25, 0.3) is 21.1 Å². The van der Waals surface area contributed by atoms with Gasteiger partial charge in [0.15, 0.2) is 0 Å². The molecule has 1 atom stereocenters. The van der Waals surface area contributed by atoms with Crippen LogP contribution in [0.4, 0.5) is 0 Å². The maximum absolute atomic E-state index is 13.2. The summed E-state index contributed by atoms with van der Waals surface area (Å²) in [5.41, 5.74) is 2.69. The average molecular weight is 361 g/mol. The van der Waals surface area contributed by atoms with Gasteiger partial charge in [0.25, 0.3) is 5.91 Å². The zero-order chi connectivity index (χ0) is 17.5. The predicted molar refractivity (Wildman–Crippen MR) is 106 cm³/mol. The molecule has 1 N–H and O–H groups in total. The molecule has 5 heteroatoms. The van der Waals surface area contributed by atoms with Gasteiger partial charge in [0.05, 0.1) is 16.3 Å². The third-order valence-electron chi connectivity index (χ3n) is 5.12. The smallest absolute Gasteiger partial charge is 0.270 e. The van der Waals surface area contributed by atoms with Gasteiger partial charge < -0.3 is 9.88 Å². The summed E-state index contributed by atoms with van der Waals surface area (Å²) in [6, 6.07) is 18.2. The number of para-hydroxylation sites is 2. The molecule has 4 aromatic rings. The van der Waals surface area contributed by atoms with Crippen molar-refractivity contribution in [2.45, 2.75) is 25.3 Å². The van der Waals surface area contributed by atoms with E-state index in [1.807, 2.05) is 53.4 Å². The summed E-state index contributed by atoms with van der Waals surface area (Å²) >= 11 is 1.71. The number of carbonyl (C=O) groups is 1. The minimum atomic E-state index is 0.0695. The lowest BCUT2D eigenvalue weighted by molar-refractivity contribution is 0.0606. The van der Waals surface area contributed by atoms with Gasteiger partial charge in [-0.1, -0.05) is 30.3 Å². The fraction of sp³-hybridized carbons (Fsp3) is 0.238. The first-order valence-corrected chi connectivity index (χ1v) is 9.85. The van der Waals surface area contributed by atoms with Gasteiger partial charge >= 0.3 is 0 Å². The zero-order valence-electron chi connectivity index (χ0n) is 14.3. The van der Waals surface area contributed by atoms with Crippen LogP contribution in [0.2, 0.25) is 0 Å². The largest absolute Gasteiger partial charge is 0.351 e. The van der Waals surface area contributed by atoms with Crippen molar-refractivity contribution in [1.29, 1.82) is 0 Å². The van der Waals surface area contributed by atoms with Crippen molar-refractivity contribution in [3.63, 3.8) is 0 Å². The first-order valence-electron chi connectivity index (χ1n) is 9.04. The number of amides is 1. The minimum absolute atomic E-state index is 0.0695. The molecule has 0 bridgehead atoms. The highest BCUT2D eigenvalue weighted by Crippen LogP contribution is 2.36. The van der Waals surface area contributed by atoms with Crippen molar-refractivity contribution < 1.29 is 4.79 Å². The van der Waals surface area contributed by atoms with Crippen LogP contribution in [-0.2, 0) is 0 Å². The molecule has 2 aromatic carbocycles. The minimum Gasteiger partial charge on any atom is -0.351 e. The Labute approximate surface area is 155 Å². The fourth-order valence-electron chi connectivity index (χ4n) is 3.81. The predicted octanol–water partition coefficient (Wildman–Crippen LogP) is 5.15. The number of hydrogen-bond acceptors (Lipinski definition) is 3. The number of rotatable bonds is 2. The van der Waals surface area contributed by atoms with Gasteiger partial charge in [0, 0.05) is 17.4 Å². The quantitative estimate of drug-likeness (QED) is 0.537. The van der Waals surface area contributed by atoms with Crippen molar-refractivity contribution >= 4 is 38.4 Å². The zero-order valence-corrected chi connectivity index (χ0v) is 15.1. The summed E-state index contributed by atoms with van der Waals surface area (Å²) in [6.45, 7) is 0.786. The molecular weight excluding hydrogens is 342 g/mol. The number of nitrogens with zero attached hydrogens (tertiary/aromatic N) is 2. The highest BCUT2D eigenvalue weighted by Gasteiger charge is 2.31. The van der Waals surface area contributed by atoms with Crippen LogP contribution in [0.3, 0.4) is 0 Å². The number of hydrogen-bond donors (Lipinski definition) is 1. The summed E-state index contributed by atoms with van der Waals surface area (Å²) in [5, 5.41) is 2.12. The van der Waals surface area contributed by atoms with E-state index in [0.717, 1.165) is 47.2 Å². The van der Waals surface area contributed by atoms with E-state index in [1.165, 1.54) is 4.70 Å². The second-order valence-electron chi connectivity index (χ2n) is 6.80. The molecule has 1 aliphatic heterocycles. The van der Waals surface area contributed by atoms with E-state index in [0.29, 0.717) is 5.69 Å². The molecule has 1 aliphatic rings. The topological polar surface area (TPSA) is 49.0 Å². The van der Waals surface area contributed by atoms with Gasteiger partial charge in [-0.2, -0.15) is 0 Å². The molecule has 26 heavy (non-hydrogen) atoms. The standard InChI is InChI=1S/C21H19N3OS/c25-21(17-13-14-7-1-2-8-15(14)22-17)24-12-6-5-10-18(24)20-23-16-9-3-4-11-19(16)26-20/h1-4,7-9,11,13,18,22H,5-6,10,12H2. The average Bonchev–Trinajstić information content (AvgIpc) is 3.31. The van der Waals surface area contributed by atoms with E-state index < -0.39 is 0 Å². The molecule has 1 amide bonds. The van der Waals surface area contributed by atoms with E-state index in [1.54, 1.807) is 11.3 Å². The molecule has 3 heterocycles. The van der Waals surface area contributed by atoms with Crippen LogP contribution in [-0.4, -0.2) is 27.3 Å². The summed E-state index contributed by atoms with van der Waals surface area (Å²) in [7, 11) is 0. The first kappa shape index (κ1) is 15.6. The Bertz CT molecular complexity index is 1030. The normalized spacial score (nSPS) is 17.8. The molecular formula is C21H19N3OS. The molecule has 0 aliphatic carbocycles. The number of fused-ring (bicyclic) bond motifs is 2. The first-order chi connectivity index (χ1) is 12.8. The van der Waals surface area contributed by atoms with Crippen molar-refractivity contribution in [3.8, 4) is 0 Å². The maximum Gasteiger partial charge on any atom is 0.270 e. The molecule has 0 radical (unpaired) electrons. The van der Waals surface area contributed by atoms with Crippen LogP contribution in [0.15, 0.2) is 54.6 Å². The van der Waals surface area contributed by atoms with Crippen LogP contribution in [0.1, 0.15) is 40.8 Å². The highest BCUT2D eigenvalue weighted by atomic mass is 32.1. The van der Waals surface area contributed by atoms with Crippen molar-refractivity contribution in [2.24, 2.45) is 0 Å². The van der Waals surface area contributed by atoms with Gasteiger partial charge in [-0.3, -0.25) is 4.79 Å². The monoisotopic (exact) mass is 361 g/mol. The fourth-order valence-corrected chi connectivity index (χ4v) is 4.92. The Morgan fingerprint density at radius 3 is 2.85 bits per heavy atom. The number of benzene rings is 2. The van der Waals surface area contributed by atoms with Gasteiger partial charge in [-0.05, 0) is 43.5 Å². The third kappa shape index (κ3) is 2.59. The number of piperidine rings is 1. The van der Waals surface area contributed by atoms with Crippen molar-refractivity contribution in [2.75, 3.05) is 6.54 Å². The number of carbonyl (C=O) groups excluding carboxylic acids is 1. The molecule has 4 nitrogen and oxygen atoms in total. The SMILES string of the molecule is O=C(c1cc2ccccc2[nH]1)N1CCCCC1c1nc2ccccc2s1. The number of likely N-dealkylation sites (tertiary alicyclic amines) is 1. The van der Waals surface area contributed by atoms with E-state index in [4.69, 9.17) is 4.98 Å². The van der Waals surface area contributed by atoms with Gasteiger partial charge in [-0.15, -0.1) is 11.3 Å². The van der Waals surface area contributed by atoms with E-state index in [-0.39, 0.29) is 11.9 Å². The second-order valence-corrected chi connectivity index (χ2v) is 7.86. The molecule has 1 unspecified atom stereocenters. The molecule has 1 fully saturated rings. The Morgan fingerprint density at radius 2 is 1.96 bits per heavy atom. The molecule has 2 aromatic heterocycles. The van der Waals surface area contributed by atoms with Crippen LogP contribution < -0.4 is 0 Å². The molecule has 0 spiro atoms. The van der Waals surface area contributed by atoms with Gasteiger partial charge in [0.2, 0.25) is 0 Å². The molecule has 5 rings (SSSR count). The van der Waals surface area contributed by atoms with E-state index >= 15 is 0 Å². The molecule has 1 saturated heterocycles. The lowest BCUT2D eigenvalue weighted by Crippen LogP contribution is -2.38. The Kier molecular flexibility index (Phi) is 3.75. The van der Waals surface area contributed by atoms with E-state index in [2.05, 4.69) is 11.1 Å². The van der Waals surface area contributed by atoms with Crippen LogP contribution in [0, 0.1) is 0 Å². The molecule has 0 saturated carbocycles. The number of aromatic amines is 1. The summed E-state index contributed by atoms with van der Waals surface area (Å²) < 4.78 is 1.19. The molecule has 130 valence electrons. The van der Waals surface area contributed by atoms with Crippen molar-refractivity contribution in [1.82, 2.24) is 14.9 Å². The number of nitrogens with one attached hydrogen (secondary N) is 1. The van der Waals surface area contributed by atoms with Crippen LogP contribution >= 0.6 is 11.3 Å². The Hall–Kier alpha value is -2.66. The van der Waals surface area contributed by atoms with Gasteiger partial charge in [-0.25, -0.2) is 4.98 Å². The Balaban J connectivity index is 1.51. The van der Waals surface area contributed by atoms with E-state index in [9.17, 15) is 4.79 Å². The summed E-state index contributed by atoms with van der Waals surface area (Å²) in [4.78, 5) is 23.3. The van der Waals surface area contributed by atoms with Gasteiger partial charge in [0.1, 0.15) is 10.7 Å². The lowest BCUT2D eigenvalue weighted by atomic mass is 10.0. The van der Waals surface area contributed by atoms with Crippen LogP contribution in [0.5, 0.6) is 0 Å². The number of thiazole rings is 1. The number of H-pyrrole nitrogens is 1. The third-order valence-corrected chi connectivity index (χ3v) is 6.26. The second kappa shape index (κ2) is 6.25. The summed E-state index contributed by atoms with van der Waals surface area (Å²) in [6.07, 6.45) is 3.16. The maximum atomic E-state index is 13.2. The Morgan fingerprint density at radius 1 is 1.12 bits per heavy atom. The lowest BCUT2D eigenvalue weighted by Gasteiger charge is -2.34. The summed E-state index contributed by atoms with van der Waals surface area (Å²) in [5.74, 6) is 0.0742. The van der Waals surface area contributed by atoms with Crippen molar-refractivity contribution in [3.05, 3.63) is 65.3 Å². The highest BCUT2D eigenvalue weighted by molar-refractivity contribution is 7.18. The number of aromatic nitrogens is 2.